The Kier molecular flexibility index (Phi) is 4.35. The Morgan fingerprint density at radius 2 is 2.06 bits per heavy atom. The van der Waals surface area contributed by atoms with E-state index in [4.69, 9.17) is 5.73 Å². The number of rotatable bonds is 2. The molecule has 0 aliphatic heterocycles. The summed E-state index contributed by atoms with van der Waals surface area (Å²) in [5.41, 5.74) is 9.46. The van der Waals surface area contributed by atoms with Crippen LogP contribution >= 0.6 is 28.1 Å². The number of carbonyl (C=O) groups excluding carboxylic acids is 1. The molecule has 4 N–H and O–H groups in total. The van der Waals surface area contributed by atoms with Gasteiger partial charge in [0.25, 0.3) is 11.6 Å². The number of hydrogen-bond donors (Lipinski definition) is 3. The van der Waals surface area contributed by atoms with Gasteiger partial charge in [-0.2, -0.15) is 0 Å². The van der Waals surface area contributed by atoms with Crippen molar-refractivity contribution < 1.29 is 9.72 Å². The first kappa shape index (κ1) is 13.3. The van der Waals surface area contributed by atoms with Crippen LogP contribution in [0, 0.1) is 10.1 Å². The van der Waals surface area contributed by atoms with Crippen LogP contribution in [0.25, 0.3) is 0 Å². The molecule has 0 radical (unpaired) electrons. The molecule has 0 atom stereocenters. The van der Waals surface area contributed by atoms with E-state index in [1.807, 2.05) is 0 Å². The van der Waals surface area contributed by atoms with Gasteiger partial charge in [0.2, 0.25) is 0 Å². The van der Waals surface area contributed by atoms with E-state index in [-0.39, 0.29) is 16.4 Å². The van der Waals surface area contributed by atoms with E-state index in [2.05, 4.69) is 39.0 Å². The second kappa shape index (κ2) is 5.55. The third-order valence-electron chi connectivity index (χ3n) is 1.65. The summed E-state index contributed by atoms with van der Waals surface area (Å²) in [5.74, 6) is -0.581. The highest BCUT2D eigenvalue weighted by atomic mass is 79.9. The van der Waals surface area contributed by atoms with Crippen molar-refractivity contribution in [2.75, 3.05) is 0 Å². The van der Waals surface area contributed by atoms with Crippen molar-refractivity contribution in [2.45, 2.75) is 0 Å². The number of hydrazine groups is 1. The van der Waals surface area contributed by atoms with Crippen molar-refractivity contribution in [3.8, 4) is 0 Å². The Morgan fingerprint density at radius 3 is 2.59 bits per heavy atom. The molecular formula is C8H7BrN4O3S. The van der Waals surface area contributed by atoms with Gasteiger partial charge in [0.05, 0.1) is 4.92 Å². The zero-order valence-corrected chi connectivity index (χ0v) is 10.7. The second-order valence-corrected chi connectivity index (χ2v) is 4.25. The summed E-state index contributed by atoms with van der Waals surface area (Å²) in [6, 6.07) is 3.86. The molecule has 0 saturated carbocycles. The Balaban J connectivity index is 2.93. The lowest BCUT2D eigenvalue weighted by Gasteiger charge is -2.06. The molecule has 0 saturated heterocycles. The van der Waals surface area contributed by atoms with Crippen LogP contribution in [0.15, 0.2) is 22.7 Å². The van der Waals surface area contributed by atoms with Gasteiger partial charge in [-0.3, -0.25) is 25.8 Å². The maximum Gasteiger partial charge on any atom is 0.271 e. The van der Waals surface area contributed by atoms with Gasteiger partial charge in [-0.25, -0.2) is 0 Å². The molecule has 0 bridgehead atoms. The molecule has 17 heavy (non-hydrogen) atoms. The molecule has 1 aromatic rings. The monoisotopic (exact) mass is 318 g/mol. The number of benzene rings is 1. The number of halogens is 1. The minimum Gasteiger partial charge on any atom is -0.375 e. The van der Waals surface area contributed by atoms with Crippen LogP contribution in [0.1, 0.15) is 10.4 Å². The number of nitrogens with one attached hydrogen (secondary N) is 2. The van der Waals surface area contributed by atoms with Crippen molar-refractivity contribution in [1.29, 1.82) is 0 Å². The van der Waals surface area contributed by atoms with E-state index in [9.17, 15) is 14.9 Å². The fourth-order valence-electron chi connectivity index (χ4n) is 1.00. The van der Waals surface area contributed by atoms with Gasteiger partial charge in [0.15, 0.2) is 5.11 Å². The van der Waals surface area contributed by atoms with Crippen molar-refractivity contribution in [1.82, 2.24) is 10.9 Å². The average Bonchev–Trinajstić information content (AvgIpc) is 2.24. The first-order valence-corrected chi connectivity index (χ1v) is 5.41. The highest BCUT2D eigenvalue weighted by Gasteiger charge is 2.13. The Labute approximate surface area is 110 Å². The molecule has 0 fully saturated rings. The third-order valence-corrected chi connectivity index (χ3v) is 2.21. The molecule has 1 rings (SSSR count). The van der Waals surface area contributed by atoms with Crippen molar-refractivity contribution >= 4 is 44.9 Å². The number of nitro groups is 1. The molecule has 0 spiro atoms. The van der Waals surface area contributed by atoms with Gasteiger partial charge in [0.1, 0.15) is 0 Å². The smallest absolute Gasteiger partial charge is 0.271 e. The SMILES string of the molecule is NC(=S)NNC(=O)c1cc(Br)cc([N+](=O)[O-])c1. The molecule has 0 aliphatic carbocycles. The van der Waals surface area contributed by atoms with E-state index in [0.717, 1.165) is 6.07 Å². The maximum atomic E-state index is 11.5. The van der Waals surface area contributed by atoms with Crippen molar-refractivity contribution in [3.05, 3.63) is 38.3 Å². The standard InChI is InChI=1S/C8H7BrN4O3S/c9-5-1-4(2-6(3-5)13(15)16)7(14)11-12-8(10)17/h1-3H,(H,11,14)(H3,10,12,17). The molecule has 0 unspecified atom stereocenters. The highest BCUT2D eigenvalue weighted by molar-refractivity contribution is 9.10. The number of thiocarbonyl (C=S) groups is 1. The van der Waals surface area contributed by atoms with Crippen LogP contribution in [-0.4, -0.2) is 15.9 Å². The number of non-ortho nitro benzene ring substituents is 1. The summed E-state index contributed by atoms with van der Waals surface area (Å²) >= 11 is 7.57. The van der Waals surface area contributed by atoms with E-state index in [0.29, 0.717) is 4.47 Å². The van der Waals surface area contributed by atoms with Crippen LogP contribution < -0.4 is 16.6 Å². The topological polar surface area (TPSA) is 110 Å². The number of nitro benzene ring substituents is 1. The predicted molar refractivity (Wildman–Crippen MR) is 68.2 cm³/mol. The number of nitrogens with two attached hydrogens (primary N) is 1. The summed E-state index contributed by atoms with van der Waals surface area (Å²) < 4.78 is 0.423. The van der Waals surface area contributed by atoms with E-state index >= 15 is 0 Å². The molecule has 7 nitrogen and oxygen atoms in total. The van der Waals surface area contributed by atoms with Crippen LogP contribution in [-0.2, 0) is 0 Å². The second-order valence-electron chi connectivity index (χ2n) is 2.90. The Hall–Kier alpha value is -1.74. The number of carbonyl (C=O) groups is 1. The molecule has 0 heterocycles. The highest BCUT2D eigenvalue weighted by Crippen LogP contribution is 2.21. The molecule has 1 amide bonds. The normalized spacial score (nSPS) is 9.47. The fourth-order valence-corrected chi connectivity index (χ4v) is 1.53. The molecule has 9 heteroatoms. The lowest BCUT2D eigenvalue weighted by atomic mass is 10.2. The molecular weight excluding hydrogens is 312 g/mol. The van der Waals surface area contributed by atoms with Crippen LogP contribution in [0.2, 0.25) is 0 Å². The van der Waals surface area contributed by atoms with Gasteiger partial charge in [0, 0.05) is 22.2 Å². The molecule has 0 aliphatic rings. The fraction of sp³-hybridized carbons (Fsp3) is 0. The lowest BCUT2D eigenvalue weighted by Crippen LogP contribution is -2.44. The number of hydrogen-bond acceptors (Lipinski definition) is 4. The molecule has 90 valence electrons. The van der Waals surface area contributed by atoms with Gasteiger partial charge in [-0.05, 0) is 18.3 Å². The summed E-state index contributed by atoms with van der Waals surface area (Å²) in [6.07, 6.45) is 0. The van der Waals surface area contributed by atoms with E-state index < -0.39 is 10.8 Å². The first-order chi connectivity index (χ1) is 7.90. The quantitative estimate of drug-likeness (QED) is 0.423. The number of amides is 1. The predicted octanol–water partition coefficient (Wildman–Crippen LogP) is 0.835. The summed E-state index contributed by atoms with van der Waals surface area (Å²) in [6.45, 7) is 0. The summed E-state index contributed by atoms with van der Waals surface area (Å²) in [7, 11) is 0. The molecule has 1 aromatic carbocycles. The zero-order valence-electron chi connectivity index (χ0n) is 8.27. The Bertz CT molecular complexity index is 494. The Morgan fingerprint density at radius 1 is 1.41 bits per heavy atom. The first-order valence-electron chi connectivity index (χ1n) is 4.21. The van der Waals surface area contributed by atoms with Crippen LogP contribution in [0.4, 0.5) is 5.69 Å². The largest absolute Gasteiger partial charge is 0.375 e. The van der Waals surface area contributed by atoms with Gasteiger partial charge >= 0.3 is 0 Å². The minimum absolute atomic E-state index is 0.106. The number of nitrogens with zero attached hydrogens (tertiary/aromatic N) is 1. The van der Waals surface area contributed by atoms with Gasteiger partial charge < -0.3 is 5.73 Å². The molecule has 0 aromatic heterocycles. The third kappa shape index (κ3) is 3.96. The lowest BCUT2D eigenvalue weighted by molar-refractivity contribution is -0.385. The maximum absolute atomic E-state index is 11.5. The summed E-state index contributed by atoms with van der Waals surface area (Å²) in [5, 5.41) is 10.5. The van der Waals surface area contributed by atoms with E-state index in [1.54, 1.807) is 0 Å². The van der Waals surface area contributed by atoms with Crippen molar-refractivity contribution in [3.63, 3.8) is 0 Å². The zero-order chi connectivity index (χ0) is 13.0. The summed E-state index contributed by atoms with van der Waals surface area (Å²) in [4.78, 5) is 21.5. The average molecular weight is 319 g/mol. The van der Waals surface area contributed by atoms with Crippen molar-refractivity contribution in [2.24, 2.45) is 5.73 Å². The van der Waals surface area contributed by atoms with E-state index in [1.165, 1.54) is 12.1 Å². The van der Waals surface area contributed by atoms with Crippen LogP contribution in [0.3, 0.4) is 0 Å². The van der Waals surface area contributed by atoms with Gasteiger partial charge in [-0.1, -0.05) is 15.9 Å². The van der Waals surface area contributed by atoms with Crippen LogP contribution in [0.5, 0.6) is 0 Å². The van der Waals surface area contributed by atoms with Gasteiger partial charge in [-0.15, -0.1) is 0 Å². The minimum atomic E-state index is -0.595.